The molecule has 1 aromatic carbocycles. The maximum Gasteiger partial charge on any atom is 0.269 e. The van der Waals surface area contributed by atoms with Gasteiger partial charge in [0, 0.05) is 36.7 Å². The number of anilines is 1. The normalized spacial score (nSPS) is 16.1. The van der Waals surface area contributed by atoms with Crippen molar-refractivity contribution in [3.63, 3.8) is 0 Å². The van der Waals surface area contributed by atoms with E-state index in [9.17, 15) is 10.1 Å². The molecule has 20 heavy (non-hydrogen) atoms. The van der Waals surface area contributed by atoms with Crippen molar-refractivity contribution in [2.24, 2.45) is 5.92 Å². The Balaban J connectivity index is 2.11. The Morgan fingerprint density at radius 2 is 2.05 bits per heavy atom. The molecule has 0 bridgehead atoms. The van der Waals surface area contributed by atoms with Crippen LogP contribution in [0.1, 0.15) is 37.7 Å². The minimum absolute atomic E-state index is 0.161. The minimum Gasteiger partial charge on any atom is -0.374 e. The first-order valence-corrected chi connectivity index (χ1v) is 8.28. The summed E-state index contributed by atoms with van der Waals surface area (Å²) in [5.74, 6) is 0.757. The number of halogens is 1. The number of nitro groups is 1. The molecule has 0 unspecified atom stereocenters. The van der Waals surface area contributed by atoms with Crippen LogP contribution < -0.4 is 4.90 Å². The van der Waals surface area contributed by atoms with Crippen LogP contribution >= 0.6 is 15.9 Å². The third-order valence-corrected chi connectivity index (χ3v) is 4.69. The second kappa shape index (κ2) is 7.07. The molecular weight excluding hydrogens is 320 g/mol. The highest BCUT2D eigenvalue weighted by atomic mass is 79.9. The first-order chi connectivity index (χ1) is 9.61. The molecule has 0 saturated heterocycles. The zero-order chi connectivity index (χ0) is 14.5. The molecule has 0 aromatic heterocycles. The molecule has 1 fully saturated rings. The summed E-state index contributed by atoms with van der Waals surface area (Å²) >= 11 is 3.44. The Bertz CT molecular complexity index is 473. The maximum absolute atomic E-state index is 10.8. The molecule has 2 rings (SSSR count). The lowest BCUT2D eigenvalue weighted by Gasteiger charge is -2.29. The molecule has 110 valence electrons. The Morgan fingerprint density at radius 1 is 1.35 bits per heavy atom. The van der Waals surface area contributed by atoms with E-state index in [1.165, 1.54) is 32.1 Å². The van der Waals surface area contributed by atoms with Crippen molar-refractivity contribution in [2.75, 3.05) is 18.5 Å². The number of rotatable bonds is 5. The van der Waals surface area contributed by atoms with Crippen LogP contribution in [0.4, 0.5) is 11.4 Å². The first-order valence-electron chi connectivity index (χ1n) is 7.16. The van der Waals surface area contributed by atoms with Crippen LogP contribution in [0.5, 0.6) is 0 Å². The highest BCUT2D eigenvalue weighted by Crippen LogP contribution is 2.30. The Kier molecular flexibility index (Phi) is 5.40. The van der Waals surface area contributed by atoms with Crippen LogP contribution in [0.2, 0.25) is 0 Å². The Morgan fingerprint density at radius 3 is 2.65 bits per heavy atom. The second-order valence-electron chi connectivity index (χ2n) is 5.59. The number of hydrogen-bond acceptors (Lipinski definition) is 3. The molecule has 0 spiro atoms. The van der Waals surface area contributed by atoms with Crippen LogP contribution in [0.15, 0.2) is 18.2 Å². The van der Waals surface area contributed by atoms with Crippen LogP contribution in [-0.4, -0.2) is 18.5 Å². The van der Waals surface area contributed by atoms with Crippen molar-refractivity contribution in [3.8, 4) is 0 Å². The van der Waals surface area contributed by atoms with Gasteiger partial charge in [-0.15, -0.1) is 0 Å². The van der Waals surface area contributed by atoms with E-state index in [1.54, 1.807) is 12.1 Å². The van der Waals surface area contributed by atoms with Gasteiger partial charge < -0.3 is 4.90 Å². The van der Waals surface area contributed by atoms with E-state index in [-0.39, 0.29) is 10.6 Å². The van der Waals surface area contributed by atoms with Crippen LogP contribution in [-0.2, 0) is 5.33 Å². The molecule has 4 nitrogen and oxygen atoms in total. The van der Waals surface area contributed by atoms with Gasteiger partial charge in [-0.1, -0.05) is 35.2 Å². The van der Waals surface area contributed by atoms with Gasteiger partial charge in [0.25, 0.3) is 5.69 Å². The van der Waals surface area contributed by atoms with Crippen LogP contribution in [0.25, 0.3) is 0 Å². The van der Waals surface area contributed by atoms with Crippen molar-refractivity contribution in [1.82, 2.24) is 0 Å². The van der Waals surface area contributed by atoms with Crippen LogP contribution in [0.3, 0.4) is 0 Å². The highest BCUT2D eigenvalue weighted by molar-refractivity contribution is 9.08. The minimum atomic E-state index is -0.336. The van der Waals surface area contributed by atoms with Gasteiger partial charge in [-0.2, -0.15) is 0 Å². The predicted octanol–water partition coefficient (Wildman–Crippen LogP) is 4.51. The lowest BCUT2D eigenvalue weighted by Crippen LogP contribution is -2.27. The van der Waals surface area contributed by atoms with Gasteiger partial charge in [0.05, 0.1) is 4.92 Å². The fraction of sp³-hybridized carbons (Fsp3) is 0.600. The van der Waals surface area contributed by atoms with Crippen molar-refractivity contribution >= 4 is 27.3 Å². The number of alkyl halides is 1. The molecule has 0 N–H and O–H groups in total. The van der Waals surface area contributed by atoms with Gasteiger partial charge in [0.2, 0.25) is 0 Å². The average Bonchev–Trinajstić information content (AvgIpc) is 2.47. The van der Waals surface area contributed by atoms with Crippen molar-refractivity contribution in [1.29, 1.82) is 0 Å². The van der Waals surface area contributed by atoms with Crippen LogP contribution in [0, 0.1) is 16.0 Å². The predicted molar refractivity (Wildman–Crippen MR) is 85.6 cm³/mol. The molecule has 5 heteroatoms. The highest BCUT2D eigenvalue weighted by Gasteiger charge is 2.18. The third kappa shape index (κ3) is 3.72. The van der Waals surface area contributed by atoms with Gasteiger partial charge >= 0.3 is 0 Å². The molecule has 1 aliphatic rings. The largest absolute Gasteiger partial charge is 0.374 e. The summed E-state index contributed by atoms with van der Waals surface area (Å²) in [6, 6.07) is 5.14. The molecule has 0 atom stereocenters. The van der Waals surface area contributed by atoms with Gasteiger partial charge in [0.1, 0.15) is 0 Å². The summed E-state index contributed by atoms with van der Waals surface area (Å²) in [6.45, 7) is 1.04. The fourth-order valence-corrected chi connectivity index (χ4v) is 3.47. The van der Waals surface area contributed by atoms with E-state index in [0.717, 1.165) is 23.7 Å². The summed E-state index contributed by atoms with van der Waals surface area (Å²) in [7, 11) is 2.09. The van der Waals surface area contributed by atoms with Gasteiger partial charge in [-0.25, -0.2) is 0 Å². The number of benzene rings is 1. The number of nitrogens with zero attached hydrogens (tertiary/aromatic N) is 2. The van der Waals surface area contributed by atoms with E-state index in [2.05, 4.69) is 27.9 Å². The molecule has 0 aliphatic heterocycles. The van der Waals surface area contributed by atoms with E-state index >= 15 is 0 Å². The van der Waals surface area contributed by atoms with E-state index < -0.39 is 0 Å². The van der Waals surface area contributed by atoms with E-state index in [4.69, 9.17) is 0 Å². The lowest BCUT2D eigenvalue weighted by atomic mass is 9.89. The molecule has 1 aromatic rings. The number of non-ortho nitro benzene ring substituents is 1. The molecule has 1 aliphatic carbocycles. The second-order valence-corrected chi connectivity index (χ2v) is 6.15. The summed E-state index contributed by atoms with van der Waals surface area (Å²) in [4.78, 5) is 12.8. The molecule has 0 amide bonds. The van der Waals surface area contributed by atoms with Gasteiger partial charge in [-0.05, 0) is 30.4 Å². The smallest absolute Gasteiger partial charge is 0.269 e. The number of nitro benzene ring substituents is 1. The summed E-state index contributed by atoms with van der Waals surface area (Å²) < 4.78 is 0. The molecule has 0 heterocycles. The SMILES string of the molecule is CN(CC1CCCCC1)c1ccc([N+](=O)[O-])cc1CBr. The van der Waals surface area contributed by atoms with Crippen molar-refractivity contribution in [3.05, 3.63) is 33.9 Å². The average molecular weight is 341 g/mol. The van der Waals surface area contributed by atoms with Gasteiger partial charge in [-0.3, -0.25) is 10.1 Å². The zero-order valence-corrected chi connectivity index (χ0v) is 13.4. The number of hydrogen-bond donors (Lipinski definition) is 0. The first kappa shape index (κ1) is 15.3. The van der Waals surface area contributed by atoms with E-state index in [1.807, 2.05) is 6.07 Å². The topological polar surface area (TPSA) is 46.4 Å². The molecular formula is C15H21BrN2O2. The third-order valence-electron chi connectivity index (χ3n) is 4.09. The molecule has 1 saturated carbocycles. The lowest BCUT2D eigenvalue weighted by molar-refractivity contribution is -0.384. The standard InChI is InChI=1S/C15H21BrN2O2/c1-17(11-12-5-3-2-4-6-12)15-8-7-14(18(19)20)9-13(15)10-16/h7-9,12H,2-6,10-11H2,1H3. The molecule has 0 radical (unpaired) electrons. The quantitative estimate of drug-likeness (QED) is 0.450. The zero-order valence-electron chi connectivity index (χ0n) is 11.8. The van der Waals surface area contributed by atoms with Gasteiger partial charge in [0.15, 0.2) is 0 Å². The van der Waals surface area contributed by atoms with Crippen molar-refractivity contribution < 1.29 is 4.92 Å². The maximum atomic E-state index is 10.8. The monoisotopic (exact) mass is 340 g/mol. The van der Waals surface area contributed by atoms with E-state index in [0.29, 0.717) is 5.33 Å². The Hall–Kier alpha value is -1.10. The summed E-state index contributed by atoms with van der Waals surface area (Å²) in [6.07, 6.45) is 6.65. The summed E-state index contributed by atoms with van der Waals surface area (Å²) in [5.41, 5.74) is 2.24. The fourth-order valence-electron chi connectivity index (χ4n) is 3.02. The summed E-state index contributed by atoms with van der Waals surface area (Å²) in [5, 5.41) is 11.5. The van der Waals surface area contributed by atoms with Crippen molar-refractivity contribution in [2.45, 2.75) is 37.4 Å². The Labute approximate surface area is 128 Å².